The lowest BCUT2D eigenvalue weighted by molar-refractivity contribution is -0.143. The molecular formula is C13H23NO3. The average Bonchev–Trinajstić information content (AvgIpc) is 2.64. The van der Waals surface area contributed by atoms with E-state index in [9.17, 15) is 15.0 Å². The minimum atomic E-state index is -0.784. The molecule has 0 spiro atoms. The smallest absolute Gasteiger partial charge is 0.321 e. The monoisotopic (exact) mass is 241 g/mol. The molecule has 5 unspecified atom stereocenters. The number of carbonyl (C=O) groups is 1. The van der Waals surface area contributed by atoms with Crippen LogP contribution in [0.1, 0.15) is 39.5 Å². The third-order valence-corrected chi connectivity index (χ3v) is 4.64. The molecule has 0 aromatic carbocycles. The van der Waals surface area contributed by atoms with E-state index in [0.717, 1.165) is 18.8 Å². The first-order valence-corrected chi connectivity index (χ1v) is 6.65. The Morgan fingerprint density at radius 1 is 1.18 bits per heavy atom. The number of nitrogens with zero attached hydrogens (tertiary/aromatic N) is 1. The molecule has 5 atom stereocenters. The molecule has 2 rings (SSSR count). The fraction of sp³-hybridized carbons (Fsp3) is 0.923. The Labute approximate surface area is 103 Å². The number of aliphatic carboxylic acids is 1. The third kappa shape index (κ3) is 2.63. The molecule has 0 aromatic heterocycles. The summed E-state index contributed by atoms with van der Waals surface area (Å²) in [4.78, 5) is 13.2. The predicted octanol–water partition coefficient (Wildman–Crippen LogP) is 1.33. The van der Waals surface area contributed by atoms with Crippen LogP contribution >= 0.6 is 0 Å². The van der Waals surface area contributed by atoms with Gasteiger partial charge in [0, 0.05) is 19.0 Å². The molecule has 0 bridgehead atoms. The summed E-state index contributed by atoms with van der Waals surface area (Å²) in [5.41, 5.74) is 0. The van der Waals surface area contributed by atoms with Gasteiger partial charge in [0.15, 0.2) is 0 Å². The second-order valence-electron chi connectivity index (χ2n) is 5.86. The largest absolute Gasteiger partial charge is 0.480 e. The molecule has 4 nitrogen and oxygen atoms in total. The number of rotatable bonds is 2. The van der Waals surface area contributed by atoms with Crippen molar-refractivity contribution in [2.45, 2.75) is 57.7 Å². The first kappa shape index (κ1) is 12.8. The predicted molar refractivity (Wildman–Crippen MR) is 64.7 cm³/mol. The van der Waals surface area contributed by atoms with E-state index in [1.165, 1.54) is 6.42 Å². The summed E-state index contributed by atoms with van der Waals surface area (Å²) in [6, 6.07) is -0.130. The molecule has 17 heavy (non-hydrogen) atoms. The quantitative estimate of drug-likeness (QED) is 0.765. The number of aliphatic hydroxyl groups is 1. The third-order valence-electron chi connectivity index (χ3n) is 4.64. The summed E-state index contributed by atoms with van der Waals surface area (Å²) in [6.45, 7) is 5.05. The van der Waals surface area contributed by atoms with Crippen LogP contribution in [-0.4, -0.2) is 45.8 Å². The van der Waals surface area contributed by atoms with Gasteiger partial charge in [-0.15, -0.1) is 0 Å². The Balaban J connectivity index is 2.03. The maximum Gasteiger partial charge on any atom is 0.321 e. The summed E-state index contributed by atoms with van der Waals surface area (Å²) >= 11 is 0. The normalized spacial score (nSPS) is 43.8. The Kier molecular flexibility index (Phi) is 3.73. The average molecular weight is 241 g/mol. The Bertz CT molecular complexity index is 294. The van der Waals surface area contributed by atoms with E-state index in [4.69, 9.17) is 0 Å². The highest BCUT2D eigenvalue weighted by molar-refractivity contribution is 5.74. The first-order chi connectivity index (χ1) is 7.99. The van der Waals surface area contributed by atoms with Crippen LogP contribution in [0.25, 0.3) is 0 Å². The van der Waals surface area contributed by atoms with E-state index < -0.39 is 18.1 Å². The van der Waals surface area contributed by atoms with Gasteiger partial charge in [-0.1, -0.05) is 13.8 Å². The van der Waals surface area contributed by atoms with E-state index in [1.54, 1.807) is 0 Å². The number of likely N-dealkylation sites (tertiary alicyclic amines) is 1. The van der Waals surface area contributed by atoms with Crippen LogP contribution in [0.3, 0.4) is 0 Å². The number of β-amino-alcohol motifs (C(OH)–C–C–N with tert-alkyl or cyclic N) is 1. The van der Waals surface area contributed by atoms with Gasteiger partial charge < -0.3 is 10.2 Å². The van der Waals surface area contributed by atoms with Crippen molar-refractivity contribution >= 4 is 5.97 Å². The van der Waals surface area contributed by atoms with Crippen molar-refractivity contribution in [1.29, 1.82) is 0 Å². The van der Waals surface area contributed by atoms with Gasteiger partial charge in [0.05, 0.1) is 6.10 Å². The van der Waals surface area contributed by atoms with Crippen molar-refractivity contribution in [1.82, 2.24) is 4.90 Å². The number of hydrogen-bond donors (Lipinski definition) is 2. The molecule has 1 aliphatic carbocycles. The summed E-state index contributed by atoms with van der Waals surface area (Å²) in [5, 5.41) is 18.9. The van der Waals surface area contributed by atoms with Crippen molar-refractivity contribution in [3.8, 4) is 0 Å². The summed E-state index contributed by atoms with van der Waals surface area (Å²) in [7, 11) is 0. The van der Waals surface area contributed by atoms with Crippen LogP contribution in [0.2, 0.25) is 0 Å². The Morgan fingerprint density at radius 3 is 2.47 bits per heavy atom. The number of carboxylic acids is 1. The van der Waals surface area contributed by atoms with Gasteiger partial charge in [0.25, 0.3) is 0 Å². The number of hydrogen-bond acceptors (Lipinski definition) is 3. The van der Waals surface area contributed by atoms with Crippen molar-refractivity contribution in [2.75, 3.05) is 6.54 Å². The highest BCUT2D eigenvalue weighted by atomic mass is 16.4. The fourth-order valence-corrected chi connectivity index (χ4v) is 3.30. The molecule has 98 valence electrons. The molecule has 1 saturated carbocycles. The molecule has 1 aliphatic heterocycles. The molecule has 1 saturated heterocycles. The van der Waals surface area contributed by atoms with Crippen molar-refractivity contribution in [3.63, 3.8) is 0 Å². The highest BCUT2D eigenvalue weighted by Crippen LogP contribution is 2.35. The molecule has 0 aromatic rings. The molecule has 0 amide bonds. The molecule has 2 N–H and O–H groups in total. The van der Waals surface area contributed by atoms with Gasteiger partial charge in [0.1, 0.15) is 6.04 Å². The Morgan fingerprint density at radius 2 is 1.88 bits per heavy atom. The van der Waals surface area contributed by atoms with Gasteiger partial charge in [-0.05, 0) is 31.1 Å². The minimum Gasteiger partial charge on any atom is -0.480 e. The maximum absolute atomic E-state index is 11.2. The lowest BCUT2D eigenvalue weighted by Gasteiger charge is -2.39. The van der Waals surface area contributed by atoms with E-state index >= 15 is 0 Å². The molecule has 0 radical (unpaired) electrons. The summed E-state index contributed by atoms with van der Waals surface area (Å²) < 4.78 is 0. The van der Waals surface area contributed by atoms with Crippen molar-refractivity contribution < 1.29 is 15.0 Å². The standard InChI is InChI=1S/C13H23NO3/c1-8-3-4-10(5-9(8)2)14-7-11(15)6-12(14)13(16)17/h8-12,15H,3-7H2,1-2H3,(H,16,17). The second kappa shape index (κ2) is 4.94. The second-order valence-corrected chi connectivity index (χ2v) is 5.86. The van der Waals surface area contributed by atoms with Gasteiger partial charge in [0.2, 0.25) is 0 Å². The van der Waals surface area contributed by atoms with Gasteiger partial charge in [-0.3, -0.25) is 9.69 Å². The van der Waals surface area contributed by atoms with Gasteiger partial charge in [-0.25, -0.2) is 0 Å². The summed E-state index contributed by atoms with van der Waals surface area (Å²) in [5.74, 6) is 0.607. The van der Waals surface area contributed by atoms with E-state index in [0.29, 0.717) is 24.9 Å². The zero-order chi connectivity index (χ0) is 12.6. The van der Waals surface area contributed by atoms with Crippen molar-refractivity contribution in [3.05, 3.63) is 0 Å². The van der Waals surface area contributed by atoms with Gasteiger partial charge >= 0.3 is 5.97 Å². The lowest BCUT2D eigenvalue weighted by atomic mass is 9.78. The van der Waals surface area contributed by atoms with Crippen LogP contribution in [0.15, 0.2) is 0 Å². The molecule has 2 fully saturated rings. The number of aliphatic hydroxyl groups excluding tert-OH is 1. The maximum atomic E-state index is 11.2. The zero-order valence-electron chi connectivity index (χ0n) is 10.7. The van der Waals surface area contributed by atoms with E-state index in [-0.39, 0.29) is 0 Å². The van der Waals surface area contributed by atoms with Crippen LogP contribution in [0, 0.1) is 11.8 Å². The molecular weight excluding hydrogens is 218 g/mol. The molecule has 1 heterocycles. The van der Waals surface area contributed by atoms with E-state index in [2.05, 4.69) is 13.8 Å². The zero-order valence-corrected chi connectivity index (χ0v) is 10.7. The minimum absolute atomic E-state index is 0.347. The first-order valence-electron chi connectivity index (χ1n) is 6.65. The molecule has 2 aliphatic rings. The summed E-state index contributed by atoms with van der Waals surface area (Å²) in [6.07, 6.45) is 3.23. The SMILES string of the molecule is CC1CCC(N2CC(O)CC2C(=O)O)CC1C. The highest BCUT2D eigenvalue weighted by Gasteiger charge is 2.41. The lowest BCUT2D eigenvalue weighted by Crippen LogP contribution is -2.46. The number of carboxylic acid groups (broad SMARTS) is 1. The Hall–Kier alpha value is -0.610. The van der Waals surface area contributed by atoms with Crippen LogP contribution in [0.5, 0.6) is 0 Å². The van der Waals surface area contributed by atoms with Crippen LogP contribution in [-0.2, 0) is 4.79 Å². The van der Waals surface area contributed by atoms with Crippen LogP contribution < -0.4 is 0 Å². The topological polar surface area (TPSA) is 60.8 Å². The molecule has 4 heteroatoms. The fourth-order valence-electron chi connectivity index (χ4n) is 3.30. The van der Waals surface area contributed by atoms with Gasteiger partial charge in [-0.2, -0.15) is 0 Å². The van der Waals surface area contributed by atoms with Crippen LogP contribution in [0.4, 0.5) is 0 Å². The van der Waals surface area contributed by atoms with E-state index in [1.807, 2.05) is 4.90 Å². The van der Waals surface area contributed by atoms with Crippen molar-refractivity contribution in [2.24, 2.45) is 11.8 Å².